The van der Waals surface area contributed by atoms with Crippen LogP contribution in [0.1, 0.15) is 19.7 Å². The zero-order valence-corrected chi connectivity index (χ0v) is 13.7. The molecule has 128 valence electrons. The van der Waals surface area contributed by atoms with Gasteiger partial charge in [0.2, 0.25) is 17.7 Å². The fourth-order valence-corrected chi connectivity index (χ4v) is 2.01. The smallest absolute Gasteiger partial charge is 0.413 e. The van der Waals surface area contributed by atoms with E-state index in [1.807, 2.05) is 37.3 Å². The maximum atomic E-state index is 11.8. The Hall–Kier alpha value is -2.74. The Morgan fingerprint density at radius 1 is 1.21 bits per heavy atom. The van der Waals surface area contributed by atoms with Crippen molar-refractivity contribution in [1.82, 2.24) is 20.4 Å². The maximum absolute atomic E-state index is 11.8. The van der Waals surface area contributed by atoms with Crippen LogP contribution in [0, 0.1) is 0 Å². The van der Waals surface area contributed by atoms with Crippen LogP contribution in [0.2, 0.25) is 0 Å². The SMILES string of the molecule is CCOC(=O)NC(=O)CN(CC)Cc1nnc(-c2ccccc2)o1. The lowest BCUT2D eigenvalue weighted by molar-refractivity contribution is -0.121. The van der Waals surface area contributed by atoms with Crippen molar-refractivity contribution in [3.05, 3.63) is 36.2 Å². The van der Waals surface area contributed by atoms with E-state index in [9.17, 15) is 9.59 Å². The summed E-state index contributed by atoms with van der Waals surface area (Å²) in [5, 5.41) is 10.2. The third-order valence-electron chi connectivity index (χ3n) is 3.18. The summed E-state index contributed by atoms with van der Waals surface area (Å²) in [7, 11) is 0. The molecule has 0 unspecified atom stereocenters. The molecule has 1 N–H and O–H groups in total. The van der Waals surface area contributed by atoms with Crippen LogP contribution in [-0.4, -0.2) is 46.8 Å². The van der Waals surface area contributed by atoms with E-state index in [0.717, 1.165) is 5.56 Å². The summed E-state index contributed by atoms with van der Waals surface area (Å²) in [6, 6.07) is 9.43. The van der Waals surface area contributed by atoms with Gasteiger partial charge in [-0.15, -0.1) is 10.2 Å². The number of carbonyl (C=O) groups excluding carboxylic acids is 2. The van der Waals surface area contributed by atoms with Crippen molar-refractivity contribution in [2.75, 3.05) is 19.7 Å². The highest BCUT2D eigenvalue weighted by molar-refractivity contribution is 5.92. The van der Waals surface area contributed by atoms with E-state index in [0.29, 0.717) is 24.9 Å². The molecule has 0 aliphatic heterocycles. The van der Waals surface area contributed by atoms with Crippen LogP contribution in [-0.2, 0) is 16.1 Å². The summed E-state index contributed by atoms with van der Waals surface area (Å²) in [5.41, 5.74) is 0.833. The van der Waals surface area contributed by atoms with Gasteiger partial charge in [-0.3, -0.25) is 15.0 Å². The zero-order valence-electron chi connectivity index (χ0n) is 13.7. The van der Waals surface area contributed by atoms with E-state index in [-0.39, 0.29) is 13.2 Å². The summed E-state index contributed by atoms with van der Waals surface area (Å²) in [5.74, 6) is 0.385. The fourth-order valence-electron chi connectivity index (χ4n) is 2.01. The molecule has 0 saturated heterocycles. The summed E-state index contributed by atoms with van der Waals surface area (Å²) in [6.45, 7) is 4.69. The van der Waals surface area contributed by atoms with Crippen LogP contribution >= 0.6 is 0 Å². The first-order chi connectivity index (χ1) is 11.6. The number of rotatable bonds is 7. The third kappa shape index (κ3) is 5.17. The van der Waals surface area contributed by atoms with Crippen molar-refractivity contribution in [3.8, 4) is 11.5 Å². The Morgan fingerprint density at radius 3 is 2.62 bits per heavy atom. The largest absolute Gasteiger partial charge is 0.450 e. The second kappa shape index (κ2) is 8.78. The number of nitrogens with one attached hydrogen (secondary N) is 1. The highest BCUT2D eigenvalue weighted by Crippen LogP contribution is 2.17. The van der Waals surface area contributed by atoms with Crippen LogP contribution in [0.3, 0.4) is 0 Å². The number of imide groups is 1. The lowest BCUT2D eigenvalue weighted by Crippen LogP contribution is -2.40. The molecular weight excluding hydrogens is 312 g/mol. The number of hydrogen-bond donors (Lipinski definition) is 1. The fraction of sp³-hybridized carbons (Fsp3) is 0.375. The Kier molecular flexibility index (Phi) is 6.44. The molecule has 0 atom stereocenters. The van der Waals surface area contributed by atoms with Gasteiger partial charge in [-0.1, -0.05) is 25.1 Å². The van der Waals surface area contributed by atoms with E-state index >= 15 is 0 Å². The molecule has 2 amide bonds. The van der Waals surface area contributed by atoms with Crippen LogP contribution in [0.15, 0.2) is 34.7 Å². The number of amides is 2. The maximum Gasteiger partial charge on any atom is 0.413 e. The molecule has 2 rings (SSSR count). The second-order valence-corrected chi connectivity index (χ2v) is 4.94. The quantitative estimate of drug-likeness (QED) is 0.826. The van der Waals surface area contributed by atoms with E-state index < -0.39 is 12.0 Å². The first-order valence-corrected chi connectivity index (χ1v) is 7.69. The van der Waals surface area contributed by atoms with Crippen molar-refractivity contribution in [2.45, 2.75) is 20.4 Å². The van der Waals surface area contributed by atoms with E-state index in [1.165, 1.54) is 0 Å². The molecule has 1 heterocycles. The van der Waals surface area contributed by atoms with Crippen LogP contribution in [0.5, 0.6) is 0 Å². The summed E-state index contributed by atoms with van der Waals surface area (Å²) in [4.78, 5) is 24.8. The van der Waals surface area contributed by atoms with E-state index in [2.05, 4.69) is 20.3 Å². The number of aromatic nitrogens is 2. The number of ether oxygens (including phenoxy) is 1. The second-order valence-electron chi connectivity index (χ2n) is 4.94. The number of alkyl carbamates (subject to hydrolysis) is 1. The molecule has 0 fully saturated rings. The number of hydrogen-bond acceptors (Lipinski definition) is 7. The number of benzene rings is 1. The molecule has 0 spiro atoms. The first kappa shape index (κ1) is 17.6. The van der Waals surface area contributed by atoms with Gasteiger partial charge in [0.25, 0.3) is 0 Å². The summed E-state index contributed by atoms with van der Waals surface area (Å²) in [6.07, 6.45) is -0.747. The predicted molar refractivity (Wildman–Crippen MR) is 85.8 cm³/mol. The minimum Gasteiger partial charge on any atom is -0.450 e. The van der Waals surface area contributed by atoms with Gasteiger partial charge in [-0.05, 0) is 25.6 Å². The molecule has 0 radical (unpaired) electrons. The normalized spacial score (nSPS) is 10.6. The average Bonchev–Trinajstić information content (AvgIpc) is 3.03. The van der Waals surface area contributed by atoms with Crippen LogP contribution in [0.25, 0.3) is 11.5 Å². The summed E-state index contributed by atoms with van der Waals surface area (Å²) >= 11 is 0. The number of nitrogens with zero attached hydrogens (tertiary/aromatic N) is 3. The zero-order chi connectivity index (χ0) is 17.4. The molecule has 2 aromatic rings. The monoisotopic (exact) mass is 332 g/mol. The minimum absolute atomic E-state index is 0.0262. The van der Waals surface area contributed by atoms with Gasteiger partial charge in [0.05, 0.1) is 19.7 Å². The third-order valence-corrected chi connectivity index (χ3v) is 3.18. The van der Waals surface area contributed by atoms with Gasteiger partial charge in [0.15, 0.2) is 0 Å². The molecular formula is C16H20N4O4. The van der Waals surface area contributed by atoms with Gasteiger partial charge in [0.1, 0.15) is 0 Å². The van der Waals surface area contributed by atoms with Gasteiger partial charge in [0, 0.05) is 5.56 Å². The highest BCUT2D eigenvalue weighted by atomic mass is 16.5. The molecule has 0 aliphatic rings. The Labute approximate surface area is 139 Å². The van der Waals surface area contributed by atoms with Crippen molar-refractivity contribution in [1.29, 1.82) is 0 Å². The molecule has 0 saturated carbocycles. The first-order valence-electron chi connectivity index (χ1n) is 7.69. The summed E-state index contributed by atoms with van der Waals surface area (Å²) < 4.78 is 10.3. The van der Waals surface area contributed by atoms with Gasteiger partial charge < -0.3 is 9.15 Å². The molecule has 24 heavy (non-hydrogen) atoms. The Morgan fingerprint density at radius 2 is 1.96 bits per heavy atom. The highest BCUT2D eigenvalue weighted by Gasteiger charge is 2.16. The molecule has 1 aromatic carbocycles. The topological polar surface area (TPSA) is 97.6 Å². The standard InChI is InChI=1S/C16H20N4O4/c1-3-20(10-13(21)17-16(22)23-4-2)11-14-18-19-15(24-14)12-8-6-5-7-9-12/h5-9H,3-4,10-11H2,1-2H3,(H,17,21,22). The van der Waals surface area contributed by atoms with Crippen LogP contribution < -0.4 is 5.32 Å². The van der Waals surface area contributed by atoms with Crippen molar-refractivity contribution >= 4 is 12.0 Å². The van der Waals surface area contributed by atoms with Gasteiger partial charge in [-0.25, -0.2) is 4.79 Å². The minimum atomic E-state index is -0.747. The Balaban J connectivity index is 1.92. The van der Waals surface area contributed by atoms with E-state index in [4.69, 9.17) is 4.42 Å². The van der Waals surface area contributed by atoms with Crippen molar-refractivity contribution < 1.29 is 18.7 Å². The lowest BCUT2D eigenvalue weighted by atomic mass is 10.2. The molecule has 1 aromatic heterocycles. The van der Waals surface area contributed by atoms with Crippen molar-refractivity contribution in [3.63, 3.8) is 0 Å². The van der Waals surface area contributed by atoms with Gasteiger partial charge in [-0.2, -0.15) is 0 Å². The Bertz CT molecular complexity index is 672. The number of likely N-dealkylation sites (N-methyl/N-ethyl adjacent to an activating group) is 1. The number of carbonyl (C=O) groups is 2. The van der Waals surface area contributed by atoms with Crippen molar-refractivity contribution in [2.24, 2.45) is 0 Å². The van der Waals surface area contributed by atoms with Gasteiger partial charge >= 0.3 is 6.09 Å². The lowest BCUT2D eigenvalue weighted by Gasteiger charge is -2.17. The molecule has 0 aliphatic carbocycles. The molecule has 8 heteroatoms. The average molecular weight is 332 g/mol. The van der Waals surface area contributed by atoms with E-state index in [1.54, 1.807) is 11.8 Å². The predicted octanol–water partition coefficient (Wildman–Crippen LogP) is 1.83. The molecule has 8 nitrogen and oxygen atoms in total. The molecule has 0 bridgehead atoms. The van der Waals surface area contributed by atoms with Crippen LogP contribution in [0.4, 0.5) is 4.79 Å².